The van der Waals surface area contributed by atoms with E-state index in [1.165, 1.54) is 0 Å². The van der Waals surface area contributed by atoms with E-state index in [1.807, 2.05) is 36.0 Å². The number of methoxy groups -OCH3 is 1. The van der Waals surface area contributed by atoms with Crippen LogP contribution in [-0.2, 0) is 7.05 Å². The van der Waals surface area contributed by atoms with Crippen molar-refractivity contribution in [3.05, 3.63) is 36.0 Å². The summed E-state index contributed by atoms with van der Waals surface area (Å²) in [6, 6.07) is 5.55. The number of aromatic nitrogens is 4. The van der Waals surface area contributed by atoms with Gasteiger partial charge in [-0.15, -0.1) is 0 Å². The maximum atomic E-state index is 5.96. The number of nitrogens with zero attached hydrogens (tertiary/aromatic N) is 4. The maximum absolute atomic E-state index is 5.96. The number of rotatable bonds is 3. The summed E-state index contributed by atoms with van der Waals surface area (Å²) in [5, 5.41) is 4.16. The van der Waals surface area contributed by atoms with Crippen molar-refractivity contribution in [2.75, 3.05) is 12.4 Å². The van der Waals surface area contributed by atoms with E-state index in [0.29, 0.717) is 17.2 Å². The number of ether oxygens (including phenoxy) is 1. The van der Waals surface area contributed by atoms with E-state index in [-0.39, 0.29) is 5.28 Å². The van der Waals surface area contributed by atoms with Crippen LogP contribution >= 0.6 is 11.6 Å². The summed E-state index contributed by atoms with van der Waals surface area (Å²) < 4.78 is 7.03. The molecule has 6 nitrogen and oxygen atoms in total. The molecule has 0 saturated heterocycles. The zero-order valence-corrected chi connectivity index (χ0v) is 11.7. The Morgan fingerprint density at radius 2 is 2.15 bits per heavy atom. The second-order valence-electron chi connectivity index (χ2n) is 4.27. The van der Waals surface area contributed by atoms with E-state index in [1.54, 1.807) is 13.4 Å². The number of anilines is 2. The minimum absolute atomic E-state index is 0.171. The molecule has 3 aromatic rings. The van der Waals surface area contributed by atoms with E-state index in [9.17, 15) is 0 Å². The number of benzene rings is 1. The van der Waals surface area contributed by atoms with Gasteiger partial charge in [0, 0.05) is 24.7 Å². The Hall–Kier alpha value is -2.34. The van der Waals surface area contributed by atoms with Crippen molar-refractivity contribution in [3.63, 3.8) is 0 Å². The number of hydrogen-bond donors (Lipinski definition) is 1. The lowest BCUT2D eigenvalue weighted by atomic mass is 10.2. The molecule has 7 heteroatoms. The molecular formula is C13H12ClN5O. The predicted octanol–water partition coefficient (Wildman–Crippen LogP) is 2.77. The average Bonchev–Trinajstić information content (AvgIpc) is 2.83. The SMILES string of the molecule is COc1ccc2c(Nc3cn(C)cn3)nc(Cl)nc2c1. The Bertz CT molecular complexity index is 771. The molecule has 20 heavy (non-hydrogen) atoms. The number of nitrogens with one attached hydrogen (secondary N) is 1. The van der Waals surface area contributed by atoms with Gasteiger partial charge in [0.1, 0.15) is 17.4 Å². The summed E-state index contributed by atoms with van der Waals surface area (Å²) in [6.45, 7) is 0. The molecule has 0 atom stereocenters. The van der Waals surface area contributed by atoms with Crippen LogP contribution in [0.1, 0.15) is 0 Å². The van der Waals surface area contributed by atoms with E-state index in [2.05, 4.69) is 20.3 Å². The summed E-state index contributed by atoms with van der Waals surface area (Å²) in [5.41, 5.74) is 0.711. The van der Waals surface area contributed by atoms with Gasteiger partial charge in [-0.25, -0.2) is 9.97 Å². The van der Waals surface area contributed by atoms with Crippen molar-refractivity contribution >= 4 is 34.1 Å². The lowest BCUT2D eigenvalue weighted by Gasteiger charge is -2.08. The first kappa shape index (κ1) is 12.7. The molecule has 0 bridgehead atoms. The van der Waals surface area contributed by atoms with Gasteiger partial charge in [0.2, 0.25) is 5.28 Å². The molecule has 102 valence electrons. The van der Waals surface area contributed by atoms with Crippen molar-refractivity contribution in [2.24, 2.45) is 7.05 Å². The Morgan fingerprint density at radius 1 is 1.30 bits per heavy atom. The fourth-order valence-electron chi connectivity index (χ4n) is 1.90. The van der Waals surface area contributed by atoms with Gasteiger partial charge in [-0.3, -0.25) is 0 Å². The molecule has 0 amide bonds. The molecule has 1 aromatic carbocycles. The van der Waals surface area contributed by atoms with Crippen molar-refractivity contribution in [2.45, 2.75) is 0 Å². The number of aryl methyl sites for hydroxylation is 1. The van der Waals surface area contributed by atoms with Gasteiger partial charge >= 0.3 is 0 Å². The minimum Gasteiger partial charge on any atom is -0.497 e. The smallest absolute Gasteiger partial charge is 0.224 e. The summed E-state index contributed by atoms with van der Waals surface area (Å²) in [4.78, 5) is 12.6. The van der Waals surface area contributed by atoms with Crippen LogP contribution in [0.4, 0.5) is 11.6 Å². The van der Waals surface area contributed by atoms with E-state index in [4.69, 9.17) is 16.3 Å². The van der Waals surface area contributed by atoms with Crippen LogP contribution in [0, 0.1) is 0 Å². The van der Waals surface area contributed by atoms with Crippen LogP contribution in [0.25, 0.3) is 10.9 Å². The molecule has 3 rings (SSSR count). The first-order chi connectivity index (χ1) is 9.65. The van der Waals surface area contributed by atoms with Crippen LogP contribution in [0.3, 0.4) is 0 Å². The zero-order valence-electron chi connectivity index (χ0n) is 11.0. The van der Waals surface area contributed by atoms with Gasteiger partial charge in [0.15, 0.2) is 0 Å². The molecule has 0 spiro atoms. The first-order valence-corrected chi connectivity index (χ1v) is 6.30. The van der Waals surface area contributed by atoms with Crippen LogP contribution in [-0.4, -0.2) is 26.6 Å². The topological polar surface area (TPSA) is 64.9 Å². The van der Waals surface area contributed by atoms with Gasteiger partial charge in [0.25, 0.3) is 0 Å². The van der Waals surface area contributed by atoms with Crippen molar-refractivity contribution in [3.8, 4) is 5.75 Å². The molecule has 2 heterocycles. The lowest BCUT2D eigenvalue weighted by Crippen LogP contribution is -1.98. The third-order valence-corrected chi connectivity index (χ3v) is 3.00. The molecule has 0 aliphatic rings. The molecule has 0 fully saturated rings. The van der Waals surface area contributed by atoms with Crippen molar-refractivity contribution in [1.82, 2.24) is 19.5 Å². The van der Waals surface area contributed by atoms with Crippen molar-refractivity contribution in [1.29, 1.82) is 0 Å². The highest BCUT2D eigenvalue weighted by Crippen LogP contribution is 2.27. The standard InChI is InChI=1S/C13H12ClN5O/c1-19-6-11(15-7-19)17-12-9-4-3-8(20-2)5-10(9)16-13(14)18-12/h3-7H,1-2H3,(H,16,17,18). The largest absolute Gasteiger partial charge is 0.497 e. The molecule has 1 N–H and O–H groups in total. The maximum Gasteiger partial charge on any atom is 0.224 e. The third kappa shape index (κ3) is 2.37. The Kier molecular flexibility index (Phi) is 3.15. The summed E-state index contributed by atoms with van der Waals surface area (Å²) in [5.74, 6) is 2.02. The molecule has 0 aliphatic carbocycles. The van der Waals surface area contributed by atoms with Crippen LogP contribution in [0.2, 0.25) is 5.28 Å². The molecule has 0 saturated carbocycles. The van der Waals surface area contributed by atoms with Gasteiger partial charge in [-0.2, -0.15) is 4.98 Å². The quantitative estimate of drug-likeness (QED) is 0.751. The second-order valence-corrected chi connectivity index (χ2v) is 4.61. The fraction of sp³-hybridized carbons (Fsp3) is 0.154. The monoisotopic (exact) mass is 289 g/mol. The Labute approximate surface area is 120 Å². The molecule has 0 radical (unpaired) electrons. The Balaban J connectivity index is 2.09. The highest BCUT2D eigenvalue weighted by Gasteiger charge is 2.09. The molecule has 2 aromatic heterocycles. The second kappa shape index (κ2) is 4.97. The minimum atomic E-state index is 0.171. The van der Waals surface area contributed by atoms with Gasteiger partial charge in [-0.1, -0.05) is 0 Å². The number of hydrogen-bond acceptors (Lipinski definition) is 5. The van der Waals surface area contributed by atoms with E-state index < -0.39 is 0 Å². The fourth-order valence-corrected chi connectivity index (χ4v) is 2.08. The predicted molar refractivity (Wildman–Crippen MR) is 77.6 cm³/mol. The molecule has 0 unspecified atom stereocenters. The third-order valence-electron chi connectivity index (χ3n) is 2.83. The van der Waals surface area contributed by atoms with Crippen LogP contribution in [0.5, 0.6) is 5.75 Å². The molecular weight excluding hydrogens is 278 g/mol. The summed E-state index contributed by atoms with van der Waals surface area (Å²) in [6.07, 6.45) is 3.56. The zero-order chi connectivity index (χ0) is 14.1. The van der Waals surface area contributed by atoms with Gasteiger partial charge in [0.05, 0.1) is 19.0 Å². The summed E-state index contributed by atoms with van der Waals surface area (Å²) in [7, 11) is 3.51. The van der Waals surface area contributed by atoms with Crippen LogP contribution in [0.15, 0.2) is 30.7 Å². The normalized spacial score (nSPS) is 10.8. The van der Waals surface area contributed by atoms with Gasteiger partial charge < -0.3 is 14.6 Å². The van der Waals surface area contributed by atoms with E-state index in [0.717, 1.165) is 11.1 Å². The first-order valence-electron chi connectivity index (χ1n) is 5.92. The summed E-state index contributed by atoms with van der Waals surface area (Å²) >= 11 is 5.96. The van der Waals surface area contributed by atoms with Gasteiger partial charge in [-0.05, 0) is 23.7 Å². The molecule has 0 aliphatic heterocycles. The van der Waals surface area contributed by atoms with Crippen molar-refractivity contribution < 1.29 is 4.74 Å². The van der Waals surface area contributed by atoms with E-state index >= 15 is 0 Å². The Morgan fingerprint density at radius 3 is 2.85 bits per heavy atom. The highest BCUT2D eigenvalue weighted by atomic mass is 35.5. The number of imidazole rings is 1. The number of halogens is 1. The average molecular weight is 290 g/mol. The number of fused-ring (bicyclic) bond motifs is 1. The highest BCUT2D eigenvalue weighted by molar-refractivity contribution is 6.28. The lowest BCUT2D eigenvalue weighted by molar-refractivity contribution is 0.415. The van der Waals surface area contributed by atoms with Crippen LogP contribution < -0.4 is 10.1 Å².